The lowest BCUT2D eigenvalue weighted by Gasteiger charge is -2.49. The van der Waals surface area contributed by atoms with Gasteiger partial charge in [-0.3, -0.25) is 9.59 Å². The maximum atomic E-state index is 14.5. The summed E-state index contributed by atoms with van der Waals surface area (Å²) in [6.45, 7) is 18.9. The molecule has 66 heavy (non-hydrogen) atoms. The van der Waals surface area contributed by atoms with Crippen LogP contribution >= 0.6 is 0 Å². The number of aliphatic hydroxyl groups is 4. The normalized spacial score (nSPS) is 41.5. The fourth-order valence-electron chi connectivity index (χ4n) is 10.4. The number of esters is 2. The van der Waals surface area contributed by atoms with Gasteiger partial charge in [-0.15, -0.1) is 0 Å². The van der Waals surface area contributed by atoms with Crippen molar-refractivity contribution in [3.05, 3.63) is 35.9 Å². The Morgan fingerprint density at radius 1 is 0.909 bits per heavy atom. The van der Waals surface area contributed by atoms with Crippen LogP contribution in [0.15, 0.2) is 35.5 Å². The van der Waals surface area contributed by atoms with Crippen LogP contribution in [0.25, 0.3) is 0 Å². The number of benzene rings is 1. The van der Waals surface area contributed by atoms with E-state index in [0.29, 0.717) is 18.7 Å². The molecule has 1 aromatic carbocycles. The maximum Gasteiger partial charge on any atom is 0.311 e. The Balaban J connectivity index is 1.78. The Morgan fingerprint density at radius 2 is 1.58 bits per heavy atom. The summed E-state index contributed by atoms with van der Waals surface area (Å²) >= 11 is 0. The lowest BCUT2D eigenvalue weighted by atomic mass is 9.73. The van der Waals surface area contributed by atoms with Crippen LogP contribution < -0.4 is 0 Å². The van der Waals surface area contributed by atoms with E-state index in [1.807, 2.05) is 51.0 Å². The van der Waals surface area contributed by atoms with E-state index < -0.39 is 108 Å². The Kier molecular flexibility index (Phi) is 20.5. The van der Waals surface area contributed by atoms with E-state index in [9.17, 15) is 30.0 Å². The monoisotopic (exact) mass is 937 g/mol. The van der Waals surface area contributed by atoms with Gasteiger partial charge in [0.05, 0.1) is 47.8 Å². The van der Waals surface area contributed by atoms with Crippen LogP contribution in [0.1, 0.15) is 127 Å². The number of carbonyl (C=O) groups is 2. The van der Waals surface area contributed by atoms with Crippen molar-refractivity contribution in [2.45, 2.75) is 212 Å². The van der Waals surface area contributed by atoms with Crippen LogP contribution in [0.2, 0.25) is 0 Å². The fraction of sp³-hybridized carbons (Fsp3) is 0.820. The molecule has 0 bridgehead atoms. The van der Waals surface area contributed by atoms with E-state index in [2.05, 4.69) is 17.3 Å². The summed E-state index contributed by atoms with van der Waals surface area (Å²) in [7, 11) is 5.26. The van der Waals surface area contributed by atoms with Gasteiger partial charge in [0.15, 0.2) is 18.7 Å². The van der Waals surface area contributed by atoms with Gasteiger partial charge in [-0.05, 0) is 106 Å². The van der Waals surface area contributed by atoms with Crippen molar-refractivity contribution in [2.75, 3.05) is 27.8 Å². The third-order valence-electron chi connectivity index (χ3n) is 14.3. The predicted octanol–water partition coefficient (Wildman–Crippen LogP) is 5.57. The second-order valence-electron chi connectivity index (χ2n) is 20.3. The molecule has 0 spiro atoms. The van der Waals surface area contributed by atoms with E-state index in [-0.39, 0.29) is 31.4 Å². The molecule has 378 valence electrons. The molecule has 16 nitrogen and oxygen atoms in total. The Bertz CT molecular complexity index is 1700. The minimum Gasteiger partial charge on any atom is -0.459 e. The second kappa shape index (κ2) is 24.2. The first-order valence-electron chi connectivity index (χ1n) is 24.1. The van der Waals surface area contributed by atoms with E-state index >= 15 is 0 Å². The molecule has 0 aliphatic carbocycles. The van der Waals surface area contributed by atoms with E-state index in [1.54, 1.807) is 48.5 Å². The van der Waals surface area contributed by atoms with Crippen LogP contribution in [-0.4, -0.2) is 155 Å². The molecule has 1 aromatic rings. The molecule has 0 amide bonds. The van der Waals surface area contributed by atoms with Crippen LogP contribution in [0.3, 0.4) is 0 Å². The number of aryl methyl sites for hydroxylation is 1. The number of nitrogens with zero attached hydrogens (tertiary/aromatic N) is 2. The highest BCUT2D eigenvalue weighted by atomic mass is 16.7. The number of oxime groups is 1. The highest BCUT2D eigenvalue weighted by molar-refractivity contribution is 5.88. The largest absolute Gasteiger partial charge is 0.459 e. The summed E-state index contributed by atoms with van der Waals surface area (Å²) in [4.78, 5) is 34.6. The number of cyclic esters (lactones) is 1. The summed E-state index contributed by atoms with van der Waals surface area (Å²) < 4.78 is 44.1. The molecular formula is C50H84N2O14. The van der Waals surface area contributed by atoms with Gasteiger partial charge >= 0.3 is 11.9 Å². The molecule has 18 atom stereocenters. The molecule has 3 aliphatic rings. The van der Waals surface area contributed by atoms with E-state index in [0.717, 1.165) is 25.7 Å². The highest BCUT2D eigenvalue weighted by Gasteiger charge is 2.54. The van der Waals surface area contributed by atoms with Crippen LogP contribution in [0.4, 0.5) is 0 Å². The first-order valence-corrected chi connectivity index (χ1v) is 24.1. The molecule has 3 saturated heterocycles. The van der Waals surface area contributed by atoms with Crippen molar-refractivity contribution < 1.29 is 68.0 Å². The third-order valence-corrected chi connectivity index (χ3v) is 14.3. The summed E-state index contributed by atoms with van der Waals surface area (Å²) in [5.41, 5.74) is -3.12. The quantitative estimate of drug-likeness (QED) is 0.0964. The molecule has 3 heterocycles. The van der Waals surface area contributed by atoms with Gasteiger partial charge in [0.25, 0.3) is 0 Å². The summed E-state index contributed by atoms with van der Waals surface area (Å²) in [5, 5.41) is 53.5. The number of ether oxygens (including phenoxy) is 7. The first kappa shape index (κ1) is 55.8. The molecule has 1 unspecified atom stereocenters. The van der Waals surface area contributed by atoms with Crippen molar-refractivity contribution in [3.8, 4) is 0 Å². The fourth-order valence-corrected chi connectivity index (χ4v) is 10.4. The molecule has 3 aliphatic heterocycles. The molecule has 16 heteroatoms. The van der Waals surface area contributed by atoms with Crippen LogP contribution in [-0.2, 0) is 54.0 Å². The summed E-state index contributed by atoms with van der Waals surface area (Å²) in [6, 6.07) is 9.95. The second-order valence-corrected chi connectivity index (χ2v) is 20.3. The minimum absolute atomic E-state index is 0.00147. The highest BCUT2D eigenvalue weighted by Crippen LogP contribution is 2.41. The van der Waals surface area contributed by atoms with Crippen molar-refractivity contribution >= 4 is 17.7 Å². The minimum atomic E-state index is -1.95. The summed E-state index contributed by atoms with van der Waals surface area (Å²) in [6.07, 6.45) is -5.70. The Labute approximate surface area is 393 Å². The third kappa shape index (κ3) is 13.9. The number of rotatable bonds is 15. The molecule has 4 N–H and O–H groups in total. The number of likely N-dealkylation sites (N-methyl/N-ethyl adjacent to an activating group) is 1. The van der Waals surface area contributed by atoms with Gasteiger partial charge in [-0.25, -0.2) is 0 Å². The number of hydrogen-bond donors (Lipinski definition) is 4. The molecule has 0 saturated carbocycles. The number of unbranched alkanes of at least 4 members (excludes halogenated alkanes) is 2. The van der Waals surface area contributed by atoms with Crippen molar-refractivity contribution in [2.24, 2.45) is 28.8 Å². The number of hydrogen-bond acceptors (Lipinski definition) is 16. The van der Waals surface area contributed by atoms with Crippen molar-refractivity contribution in [1.82, 2.24) is 4.90 Å². The van der Waals surface area contributed by atoms with Crippen LogP contribution in [0.5, 0.6) is 0 Å². The first-order chi connectivity index (χ1) is 30.9. The predicted molar refractivity (Wildman–Crippen MR) is 248 cm³/mol. The van der Waals surface area contributed by atoms with Gasteiger partial charge in [-0.2, -0.15) is 0 Å². The zero-order chi connectivity index (χ0) is 49.3. The van der Waals surface area contributed by atoms with E-state index in [4.69, 9.17) is 38.0 Å². The zero-order valence-electron chi connectivity index (χ0n) is 42.2. The van der Waals surface area contributed by atoms with Crippen LogP contribution in [0, 0.1) is 23.7 Å². The van der Waals surface area contributed by atoms with Gasteiger partial charge in [0.2, 0.25) is 0 Å². The lowest BCUT2D eigenvalue weighted by Crippen LogP contribution is -2.61. The lowest BCUT2D eigenvalue weighted by molar-refractivity contribution is -0.318. The average molecular weight is 937 g/mol. The molecule has 3 fully saturated rings. The smallest absolute Gasteiger partial charge is 0.311 e. The number of methoxy groups -OCH3 is 1. The number of carbonyl (C=O) groups excluding carboxylic acids is 2. The topological polar surface area (TPSA) is 204 Å². The number of aliphatic hydroxyl groups excluding tert-OH is 2. The standard InChI is InChI=1S/C50H84N2O14/c1-15-38-50(11,58)43(55)31(4)40(51-60-25-21-17-20-24-36-22-18-16-19-23-36)29(2)27-48(9,57)44(66-47-41(54)37(52(12)13)26-30(3)61-47)32(5)42(33(6)46(56)64-38)65-39-28-49(10,59-14)45(34(7)62-39)63-35(8)53/h16,18-19,22-23,29-34,37-39,41-45,47,54-55,57-58H,15,17,20-21,24-28H2,1-14H3/b51-40+/t29-,30-,31+,32+,33-,34+,37+,38-,39+,41-,42+,43-,44-,45+,47+,48?,49-,50-/m1/s1. The van der Waals surface area contributed by atoms with Gasteiger partial charge in [0, 0.05) is 44.2 Å². The molecule has 4 rings (SSSR count). The molecular weight excluding hydrogens is 853 g/mol. The maximum absolute atomic E-state index is 14.5. The van der Waals surface area contributed by atoms with Crippen molar-refractivity contribution in [1.29, 1.82) is 0 Å². The SMILES string of the molecule is CC[C@H]1OC(=O)[C@H](C)[C@@H](O[C@H]2C[C@@](C)(OC)[C@@H](OC(C)=O)[C@H](C)O2)[C@H](C)[C@@H](O[C@@H]2O[C@H](C)C[C@H](N(C)C)[C@H]2O)C(C)(O)C[C@@H](C)/C(=N\OCCCCCc2ccccc2)[C@H](C)[C@@H](O)[C@]1(C)O. The van der Waals surface area contributed by atoms with Gasteiger partial charge < -0.3 is 63.3 Å². The Hall–Kier alpha value is -2.77. The van der Waals surface area contributed by atoms with Gasteiger partial charge in [-0.1, -0.05) is 63.2 Å². The van der Waals surface area contributed by atoms with Gasteiger partial charge in [0.1, 0.15) is 30.0 Å². The average Bonchev–Trinajstić information content (AvgIpc) is 3.25. The van der Waals surface area contributed by atoms with E-state index in [1.165, 1.54) is 26.5 Å². The summed E-state index contributed by atoms with van der Waals surface area (Å²) in [5.74, 6) is -4.57. The Morgan fingerprint density at radius 3 is 2.18 bits per heavy atom. The molecule has 0 radical (unpaired) electrons. The van der Waals surface area contributed by atoms with Crippen molar-refractivity contribution in [3.63, 3.8) is 0 Å². The zero-order valence-corrected chi connectivity index (χ0v) is 42.2. The molecule has 0 aromatic heterocycles.